The van der Waals surface area contributed by atoms with E-state index < -0.39 is 0 Å². The van der Waals surface area contributed by atoms with Gasteiger partial charge in [0.1, 0.15) is 0 Å². The number of hydrogen-bond acceptors (Lipinski definition) is 3. The first-order valence-electron chi connectivity index (χ1n) is 5.84. The van der Waals surface area contributed by atoms with E-state index in [1.807, 2.05) is 19.1 Å². The number of carbonyl (C=O) groups excluding carboxylic acids is 1. The fraction of sp³-hybridized carbons (Fsp3) is 0.357. The number of methoxy groups -OCH3 is 1. The van der Waals surface area contributed by atoms with Gasteiger partial charge in [0, 0.05) is 31.5 Å². The van der Waals surface area contributed by atoms with E-state index in [-0.39, 0.29) is 5.91 Å². The van der Waals surface area contributed by atoms with Gasteiger partial charge in [-0.25, -0.2) is 0 Å². The van der Waals surface area contributed by atoms with Crippen LogP contribution in [0.1, 0.15) is 15.9 Å². The summed E-state index contributed by atoms with van der Waals surface area (Å²) in [6, 6.07) is 5.36. The number of hydrogen-bond donors (Lipinski definition) is 1. The van der Waals surface area contributed by atoms with Crippen molar-refractivity contribution in [3.63, 3.8) is 0 Å². The van der Waals surface area contributed by atoms with Gasteiger partial charge < -0.3 is 15.4 Å². The van der Waals surface area contributed by atoms with E-state index in [9.17, 15) is 4.79 Å². The number of amides is 1. The van der Waals surface area contributed by atoms with Crippen LogP contribution in [-0.4, -0.2) is 37.6 Å². The molecular weight excluding hydrogens is 228 g/mol. The van der Waals surface area contributed by atoms with Crippen molar-refractivity contribution in [3.8, 4) is 0 Å². The molecule has 0 radical (unpaired) electrons. The largest absolute Gasteiger partial charge is 0.399 e. The predicted molar refractivity (Wildman–Crippen MR) is 73.6 cm³/mol. The van der Waals surface area contributed by atoms with Crippen molar-refractivity contribution in [2.24, 2.45) is 0 Å². The third-order valence-electron chi connectivity index (χ3n) is 2.55. The van der Waals surface area contributed by atoms with Gasteiger partial charge in [-0.1, -0.05) is 6.08 Å². The summed E-state index contributed by atoms with van der Waals surface area (Å²) in [7, 11) is 1.61. The Morgan fingerprint density at radius 2 is 2.22 bits per heavy atom. The molecule has 18 heavy (non-hydrogen) atoms. The van der Waals surface area contributed by atoms with Crippen LogP contribution in [0.15, 0.2) is 30.9 Å². The number of aryl methyl sites for hydroxylation is 1. The first-order chi connectivity index (χ1) is 8.58. The Morgan fingerprint density at radius 3 is 2.78 bits per heavy atom. The average Bonchev–Trinajstić information content (AvgIpc) is 2.32. The maximum Gasteiger partial charge on any atom is 0.254 e. The summed E-state index contributed by atoms with van der Waals surface area (Å²) in [5.74, 6) is -0.0534. The molecule has 4 heteroatoms. The SMILES string of the molecule is C=CCN(CCOC)C(=O)c1cc(C)cc(N)c1. The highest BCUT2D eigenvalue weighted by atomic mass is 16.5. The highest BCUT2D eigenvalue weighted by Gasteiger charge is 2.14. The average molecular weight is 248 g/mol. The quantitative estimate of drug-likeness (QED) is 0.617. The molecule has 0 aliphatic rings. The molecule has 0 heterocycles. The lowest BCUT2D eigenvalue weighted by atomic mass is 10.1. The summed E-state index contributed by atoms with van der Waals surface area (Å²) in [4.78, 5) is 14.0. The van der Waals surface area contributed by atoms with Crippen LogP contribution in [0, 0.1) is 6.92 Å². The number of anilines is 1. The van der Waals surface area contributed by atoms with Crippen LogP contribution in [0.3, 0.4) is 0 Å². The lowest BCUT2D eigenvalue weighted by molar-refractivity contribution is 0.0718. The highest BCUT2D eigenvalue weighted by Crippen LogP contribution is 2.13. The van der Waals surface area contributed by atoms with Gasteiger partial charge in [0.05, 0.1) is 6.61 Å². The van der Waals surface area contributed by atoms with Crippen LogP contribution in [0.4, 0.5) is 5.69 Å². The molecule has 0 spiro atoms. The van der Waals surface area contributed by atoms with Crippen LogP contribution in [-0.2, 0) is 4.74 Å². The zero-order valence-corrected chi connectivity index (χ0v) is 11.0. The van der Waals surface area contributed by atoms with E-state index in [2.05, 4.69) is 6.58 Å². The van der Waals surface area contributed by atoms with Crippen molar-refractivity contribution in [2.75, 3.05) is 32.5 Å². The molecule has 1 rings (SSSR count). The lowest BCUT2D eigenvalue weighted by Crippen LogP contribution is -2.34. The molecule has 0 fully saturated rings. The maximum atomic E-state index is 12.3. The van der Waals surface area contributed by atoms with E-state index in [1.54, 1.807) is 24.2 Å². The van der Waals surface area contributed by atoms with Crippen LogP contribution in [0.25, 0.3) is 0 Å². The molecule has 0 saturated carbocycles. The summed E-state index contributed by atoms with van der Waals surface area (Å²) in [6.45, 7) is 7.11. The van der Waals surface area contributed by atoms with E-state index in [4.69, 9.17) is 10.5 Å². The maximum absolute atomic E-state index is 12.3. The normalized spacial score (nSPS) is 10.1. The van der Waals surface area contributed by atoms with Gasteiger partial charge >= 0.3 is 0 Å². The van der Waals surface area contributed by atoms with Crippen molar-refractivity contribution >= 4 is 11.6 Å². The topological polar surface area (TPSA) is 55.6 Å². The van der Waals surface area contributed by atoms with Gasteiger partial charge in [0.25, 0.3) is 5.91 Å². The smallest absolute Gasteiger partial charge is 0.254 e. The Labute approximate surface area is 108 Å². The molecule has 2 N–H and O–H groups in total. The number of nitrogens with two attached hydrogens (primary N) is 1. The second kappa shape index (κ2) is 6.81. The first-order valence-corrected chi connectivity index (χ1v) is 5.84. The zero-order chi connectivity index (χ0) is 13.5. The monoisotopic (exact) mass is 248 g/mol. The van der Waals surface area contributed by atoms with Crippen molar-refractivity contribution in [2.45, 2.75) is 6.92 Å². The number of carbonyl (C=O) groups is 1. The standard InChI is InChI=1S/C14H20N2O2/c1-4-5-16(6-7-18-3)14(17)12-8-11(2)9-13(15)10-12/h4,8-10H,1,5-7,15H2,2-3H3. The highest BCUT2D eigenvalue weighted by molar-refractivity contribution is 5.95. The molecular formula is C14H20N2O2. The Morgan fingerprint density at radius 1 is 1.50 bits per heavy atom. The van der Waals surface area contributed by atoms with Gasteiger partial charge in [-0.05, 0) is 30.7 Å². The number of nitrogens with zero attached hydrogens (tertiary/aromatic N) is 1. The minimum Gasteiger partial charge on any atom is -0.399 e. The summed E-state index contributed by atoms with van der Waals surface area (Å²) in [6.07, 6.45) is 1.70. The summed E-state index contributed by atoms with van der Waals surface area (Å²) in [5, 5.41) is 0. The number of benzene rings is 1. The molecule has 0 atom stereocenters. The molecule has 4 nitrogen and oxygen atoms in total. The van der Waals surface area contributed by atoms with Crippen molar-refractivity contribution in [3.05, 3.63) is 42.0 Å². The van der Waals surface area contributed by atoms with Crippen molar-refractivity contribution in [1.82, 2.24) is 4.90 Å². The van der Waals surface area contributed by atoms with Gasteiger partial charge in [0.2, 0.25) is 0 Å². The second-order valence-electron chi connectivity index (χ2n) is 4.17. The van der Waals surface area contributed by atoms with Crippen molar-refractivity contribution < 1.29 is 9.53 Å². The molecule has 1 aromatic carbocycles. The van der Waals surface area contributed by atoms with E-state index in [0.717, 1.165) is 5.56 Å². The van der Waals surface area contributed by atoms with Gasteiger partial charge in [-0.3, -0.25) is 4.79 Å². The minimum atomic E-state index is -0.0534. The molecule has 0 bridgehead atoms. The fourth-order valence-corrected chi connectivity index (χ4v) is 1.75. The predicted octanol–water partition coefficient (Wildman–Crippen LogP) is 1.85. The van der Waals surface area contributed by atoms with E-state index >= 15 is 0 Å². The summed E-state index contributed by atoms with van der Waals surface area (Å²) in [5.41, 5.74) is 7.93. The van der Waals surface area contributed by atoms with Gasteiger partial charge in [0.15, 0.2) is 0 Å². The Kier molecular flexibility index (Phi) is 5.39. The van der Waals surface area contributed by atoms with Crippen molar-refractivity contribution in [1.29, 1.82) is 0 Å². The van der Waals surface area contributed by atoms with Gasteiger partial charge in [-0.15, -0.1) is 6.58 Å². The molecule has 0 unspecified atom stereocenters. The molecule has 0 aliphatic heterocycles. The molecule has 0 aromatic heterocycles. The van der Waals surface area contributed by atoms with Gasteiger partial charge in [-0.2, -0.15) is 0 Å². The lowest BCUT2D eigenvalue weighted by Gasteiger charge is -2.21. The third-order valence-corrected chi connectivity index (χ3v) is 2.55. The Bertz CT molecular complexity index is 410. The second-order valence-corrected chi connectivity index (χ2v) is 4.17. The zero-order valence-electron chi connectivity index (χ0n) is 11.0. The van der Waals surface area contributed by atoms with Crippen LogP contribution < -0.4 is 5.73 Å². The molecule has 98 valence electrons. The van der Waals surface area contributed by atoms with E-state index in [0.29, 0.717) is 30.9 Å². The van der Waals surface area contributed by atoms with Crippen LogP contribution >= 0.6 is 0 Å². The fourth-order valence-electron chi connectivity index (χ4n) is 1.75. The molecule has 0 aliphatic carbocycles. The molecule has 1 amide bonds. The minimum absolute atomic E-state index is 0.0534. The number of ether oxygens (including phenoxy) is 1. The number of rotatable bonds is 6. The number of nitrogen functional groups attached to an aromatic ring is 1. The summed E-state index contributed by atoms with van der Waals surface area (Å²) < 4.78 is 5.00. The first kappa shape index (κ1) is 14.3. The Balaban J connectivity index is 2.89. The molecule has 0 saturated heterocycles. The van der Waals surface area contributed by atoms with E-state index in [1.165, 1.54) is 0 Å². The molecule has 1 aromatic rings. The third kappa shape index (κ3) is 3.89. The van der Waals surface area contributed by atoms with Crippen LogP contribution in [0.2, 0.25) is 0 Å². The Hall–Kier alpha value is -1.81. The van der Waals surface area contributed by atoms with Crippen LogP contribution in [0.5, 0.6) is 0 Å². The summed E-state index contributed by atoms with van der Waals surface area (Å²) >= 11 is 0.